The number of amides is 1. The van der Waals surface area contributed by atoms with Gasteiger partial charge in [-0.3, -0.25) is 4.79 Å². The zero-order chi connectivity index (χ0) is 24.4. The van der Waals surface area contributed by atoms with Crippen LogP contribution < -0.4 is 9.64 Å². The fourth-order valence-electron chi connectivity index (χ4n) is 4.22. The Labute approximate surface area is 205 Å². The van der Waals surface area contributed by atoms with Gasteiger partial charge in [0.1, 0.15) is 29.6 Å². The summed E-state index contributed by atoms with van der Waals surface area (Å²) >= 11 is 0. The van der Waals surface area contributed by atoms with E-state index in [-0.39, 0.29) is 11.8 Å². The average molecular weight is 471 g/mol. The molecule has 8 nitrogen and oxygen atoms in total. The summed E-state index contributed by atoms with van der Waals surface area (Å²) in [6.45, 7) is 9.39. The smallest absolute Gasteiger partial charge is 0.253 e. The van der Waals surface area contributed by atoms with Crippen molar-refractivity contribution in [2.24, 2.45) is 0 Å². The number of piperazine rings is 1. The van der Waals surface area contributed by atoms with Gasteiger partial charge in [-0.1, -0.05) is 19.9 Å². The fraction of sp³-hybridized carbons (Fsp3) is 0.333. The highest BCUT2D eigenvalue weighted by Gasteiger charge is 2.23. The lowest BCUT2D eigenvalue weighted by Crippen LogP contribution is -2.49. The normalized spacial score (nSPS) is 14.1. The molecular formula is C27H30N6O2. The summed E-state index contributed by atoms with van der Waals surface area (Å²) in [4.78, 5) is 31.0. The number of aromatic nitrogens is 4. The van der Waals surface area contributed by atoms with Gasteiger partial charge < -0.3 is 18.9 Å². The van der Waals surface area contributed by atoms with E-state index in [9.17, 15) is 4.79 Å². The van der Waals surface area contributed by atoms with Crippen molar-refractivity contribution in [3.63, 3.8) is 0 Å². The van der Waals surface area contributed by atoms with Crippen molar-refractivity contribution >= 4 is 17.4 Å². The number of anilines is 1. The molecule has 1 saturated heterocycles. The molecule has 0 unspecified atom stereocenters. The molecular weight excluding hydrogens is 440 g/mol. The second kappa shape index (κ2) is 9.74. The predicted molar refractivity (Wildman–Crippen MR) is 135 cm³/mol. The maximum atomic E-state index is 13.1. The lowest BCUT2D eigenvalue weighted by molar-refractivity contribution is 0.0746. The maximum absolute atomic E-state index is 13.1. The number of hydrogen-bond acceptors (Lipinski definition) is 6. The second-order valence-corrected chi connectivity index (χ2v) is 9.17. The summed E-state index contributed by atoms with van der Waals surface area (Å²) in [5.74, 6) is 2.84. The summed E-state index contributed by atoms with van der Waals surface area (Å²) in [5.41, 5.74) is 3.38. The summed E-state index contributed by atoms with van der Waals surface area (Å²) < 4.78 is 7.85. The molecule has 1 aliphatic rings. The maximum Gasteiger partial charge on any atom is 0.253 e. The number of hydrogen-bond donors (Lipinski definition) is 0. The molecule has 0 atom stereocenters. The van der Waals surface area contributed by atoms with Crippen molar-refractivity contribution < 1.29 is 9.53 Å². The van der Waals surface area contributed by atoms with E-state index in [4.69, 9.17) is 9.72 Å². The van der Waals surface area contributed by atoms with E-state index in [1.807, 2.05) is 77.1 Å². The highest BCUT2D eigenvalue weighted by atomic mass is 16.5. The second-order valence-electron chi connectivity index (χ2n) is 9.17. The molecule has 8 heteroatoms. The molecule has 0 aliphatic carbocycles. The number of nitrogens with zero attached hydrogens (tertiary/aromatic N) is 6. The zero-order valence-electron chi connectivity index (χ0n) is 20.4. The summed E-state index contributed by atoms with van der Waals surface area (Å²) in [6, 6.07) is 15.3. The standard InChI is InChI=1S/C27H30N6O2/c1-19(2)26-28-20(3)16-25(30-26)31-12-14-32(15-13-31)27(34)21-7-9-23(10-8-21)35-18-22-17-33-11-5-4-6-24(33)29-22/h4-11,16-17,19H,12-15,18H2,1-3H3. The first kappa shape index (κ1) is 22.8. The molecule has 3 aromatic heterocycles. The van der Waals surface area contributed by atoms with E-state index in [0.29, 0.717) is 31.0 Å². The van der Waals surface area contributed by atoms with Crippen LogP contribution in [-0.2, 0) is 6.61 Å². The van der Waals surface area contributed by atoms with Gasteiger partial charge in [0.15, 0.2) is 0 Å². The SMILES string of the molecule is Cc1cc(N2CCN(C(=O)c3ccc(OCc4cn5ccccc5n4)cc3)CC2)nc(C(C)C)n1. The molecule has 4 aromatic rings. The van der Waals surface area contributed by atoms with Crippen molar-refractivity contribution in [1.29, 1.82) is 0 Å². The Morgan fingerprint density at radius 1 is 1.00 bits per heavy atom. The van der Waals surface area contributed by atoms with Gasteiger partial charge in [0.2, 0.25) is 0 Å². The number of rotatable bonds is 6. The molecule has 1 fully saturated rings. The Bertz CT molecular complexity index is 1290. The number of fused-ring (bicyclic) bond motifs is 1. The third kappa shape index (κ3) is 5.11. The van der Waals surface area contributed by atoms with Crippen LogP contribution in [-0.4, -0.2) is 56.3 Å². The van der Waals surface area contributed by atoms with Crippen molar-refractivity contribution in [1.82, 2.24) is 24.3 Å². The van der Waals surface area contributed by atoms with Crippen LogP contribution in [0.5, 0.6) is 5.75 Å². The van der Waals surface area contributed by atoms with Crippen molar-refractivity contribution in [3.8, 4) is 5.75 Å². The van der Waals surface area contributed by atoms with Crippen LogP contribution in [0, 0.1) is 6.92 Å². The molecule has 5 rings (SSSR count). The minimum absolute atomic E-state index is 0.0401. The van der Waals surface area contributed by atoms with E-state index in [1.165, 1.54) is 0 Å². The van der Waals surface area contributed by atoms with Gasteiger partial charge >= 0.3 is 0 Å². The minimum atomic E-state index is 0.0401. The van der Waals surface area contributed by atoms with Crippen molar-refractivity contribution in [2.75, 3.05) is 31.1 Å². The Balaban J connectivity index is 1.17. The largest absolute Gasteiger partial charge is 0.487 e. The molecule has 180 valence electrons. The molecule has 1 amide bonds. The van der Waals surface area contributed by atoms with Gasteiger partial charge in [0, 0.05) is 61.8 Å². The number of carbonyl (C=O) groups excluding carboxylic acids is 1. The number of aryl methyl sites for hydroxylation is 1. The monoisotopic (exact) mass is 470 g/mol. The quantitative estimate of drug-likeness (QED) is 0.422. The molecule has 35 heavy (non-hydrogen) atoms. The highest BCUT2D eigenvalue weighted by Crippen LogP contribution is 2.20. The first-order valence-corrected chi connectivity index (χ1v) is 12.0. The third-order valence-corrected chi connectivity index (χ3v) is 6.17. The van der Waals surface area contributed by atoms with Crippen LogP contribution >= 0.6 is 0 Å². The molecule has 1 aliphatic heterocycles. The molecule has 0 bridgehead atoms. The van der Waals surface area contributed by atoms with E-state index in [1.54, 1.807) is 0 Å². The number of ether oxygens (including phenoxy) is 1. The zero-order valence-corrected chi connectivity index (χ0v) is 20.4. The van der Waals surface area contributed by atoms with Gasteiger partial charge in [-0.2, -0.15) is 0 Å². The van der Waals surface area contributed by atoms with Crippen LogP contribution in [0.4, 0.5) is 5.82 Å². The molecule has 4 heterocycles. The van der Waals surface area contributed by atoms with Crippen LogP contribution in [0.1, 0.15) is 47.3 Å². The molecule has 0 N–H and O–H groups in total. The third-order valence-electron chi connectivity index (χ3n) is 6.17. The van der Waals surface area contributed by atoms with Crippen LogP contribution in [0.25, 0.3) is 5.65 Å². The number of carbonyl (C=O) groups is 1. The molecule has 0 spiro atoms. The number of imidazole rings is 1. The Morgan fingerprint density at radius 3 is 2.49 bits per heavy atom. The van der Waals surface area contributed by atoms with Gasteiger partial charge in [-0.15, -0.1) is 0 Å². The topological polar surface area (TPSA) is 75.9 Å². The highest BCUT2D eigenvalue weighted by molar-refractivity contribution is 5.94. The van der Waals surface area contributed by atoms with Crippen LogP contribution in [0.2, 0.25) is 0 Å². The predicted octanol–water partition coefficient (Wildman–Crippen LogP) is 4.10. The number of benzene rings is 1. The van der Waals surface area contributed by atoms with Gasteiger partial charge in [-0.25, -0.2) is 15.0 Å². The summed E-state index contributed by atoms with van der Waals surface area (Å²) in [7, 11) is 0. The van der Waals surface area contributed by atoms with E-state index < -0.39 is 0 Å². The summed E-state index contributed by atoms with van der Waals surface area (Å²) in [6.07, 6.45) is 3.92. The van der Waals surface area contributed by atoms with Crippen LogP contribution in [0.3, 0.4) is 0 Å². The van der Waals surface area contributed by atoms with Crippen LogP contribution in [0.15, 0.2) is 60.9 Å². The summed E-state index contributed by atoms with van der Waals surface area (Å²) in [5, 5.41) is 0. The average Bonchev–Trinajstić information content (AvgIpc) is 3.30. The fourth-order valence-corrected chi connectivity index (χ4v) is 4.22. The van der Waals surface area contributed by atoms with Gasteiger partial charge in [-0.05, 0) is 43.3 Å². The van der Waals surface area contributed by atoms with E-state index in [2.05, 4.69) is 28.7 Å². The number of pyridine rings is 1. The van der Waals surface area contributed by atoms with Crippen molar-refractivity contribution in [3.05, 3.63) is 83.7 Å². The molecule has 1 aromatic carbocycles. The van der Waals surface area contributed by atoms with Crippen molar-refractivity contribution in [2.45, 2.75) is 33.3 Å². The Kier molecular flexibility index (Phi) is 6.35. The lowest BCUT2D eigenvalue weighted by Gasteiger charge is -2.35. The first-order valence-electron chi connectivity index (χ1n) is 12.0. The van der Waals surface area contributed by atoms with E-state index in [0.717, 1.165) is 41.8 Å². The van der Waals surface area contributed by atoms with E-state index >= 15 is 0 Å². The first-order chi connectivity index (χ1) is 17.0. The molecule has 0 radical (unpaired) electrons. The lowest BCUT2D eigenvalue weighted by atomic mass is 10.1. The van der Waals surface area contributed by atoms with Gasteiger partial charge in [0.25, 0.3) is 5.91 Å². The Hall–Kier alpha value is -3.94. The minimum Gasteiger partial charge on any atom is -0.487 e. The molecule has 0 saturated carbocycles. The van der Waals surface area contributed by atoms with Gasteiger partial charge in [0.05, 0.1) is 5.69 Å². The Morgan fingerprint density at radius 2 is 1.77 bits per heavy atom.